The number of nitro groups is 1. The van der Waals surface area contributed by atoms with Crippen LogP contribution in [0.2, 0.25) is 0 Å². The Hall–Kier alpha value is -2.71. The summed E-state index contributed by atoms with van der Waals surface area (Å²) in [5.74, 6) is -0.316. The number of amides is 1. The zero-order valence-corrected chi connectivity index (χ0v) is 12.2. The van der Waals surface area contributed by atoms with Crippen molar-refractivity contribution in [3.05, 3.63) is 33.9 Å². The van der Waals surface area contributed by atoms with E-state index in [9.17, 15) is 14.9 Å². The molecule has 0 aromatic carbocycles. The van der Waals surface area contributed by atoms with E-state index in [1.54, 1.807) is 24.9 Å². The third-order valence-corrected chi connectivity index (χ3v) is 3.36. The highest BCUT2D eigenvalue weighted by molar-refractivity contribution is 5.93. The van der Waals surface area contributed by atoms with Gasteiger partial charge >= 0.3 is 5.69 Å². The van der Waals surface area contributed by atoms with Crippen molar-refractivity contribution in [3.63, 3.8) is 0 Å². The number of hydrogen-bond acceptors (Lipinski definition) is 5. The lowest BCUT2D eigenvalue weighted by Gasteiger charge is -2.11. The first kappa shape index (κ1) is 14.7. The maximum absolute atomic E-state index is 12.2. The van der Waals surface area contributed by atoms with Gasteiger partial charge in [-0.25, -0.2) is 0 Å². The Morgan fingerprint density at radius 3 is 2.62 bits per heavy atom. The summed E-state index contributed by atoms with van der Waals surface area (Å²) in [5.41, 5.74) is 1.59. The molecule has 0 spiro atoms. The van der Waals surface area contributed by atoms with Crippen LogP contribution >= 0.6 is 0 Å². The maximum atomic E-state index is 12.2. The summed E-state index contributed by atoms with van der Waals surface area (Å²) in [6.07, 6.45) is 2.81. The largest absolute Gasteiger partial charge is 0.321 e. The molecule has 0 saturated heterocycles. The van der Waals surface area contributed by atoms with Crippen molar-refractivity contribution < 1.29 is 9.72 Å². The van der Waals surface area contributed by atoms with Gasteiger partial charge in [0.15, 0.2) is 0 Å². The first-order chi connectivity index (χ1) is 9.81. The molecule has 0 aliphatic carbocycles. The predicted octanol–water partition coefficient (Wildman–Crippen LogP) is 1.34. The predicted molar refractivity (Wildman–Crippen MR) is 74.9 cm³/mol. The third-order valence-electron chi connectivity index (χ3n) is 3.36. The molecule has 0 saturated carbocycles. The van der Waals surface area contributed by atoms with Crippen LogP contribution in [0.15, 0.2) is 12.4 Å². The topological polar surface area (TPSA) is 108 Å². The second kappa shape index (κ2) is 5.35. The lowest BCUT2D eigenvalue weighted by atomic mass is 10.3. The van der Waals surface area contributed by atoms with Crippen molar-refractivity contribution >= 4 is 17.3 Å². The van der Waals surface area contributed by atoms with Crippen molar-refractivity contribution in [3.8, 4) is 0 Å². The van der Waals surface area contributed by atoms with Gasteiger partial charge < -0.3 is 5.32 Å². The van der Waals surface area contributed by atoms with Crippen LogP contribution in [0.3, 0.4) is 0 Å². The molecule has 0 bridgehead atoms. The van der Waals surface area contributed by atoms with Crippen LogP contribution < -0.4 is 5.32 Å². The minimum atomic E-state index is -0.669. The Morgan fingerprint density at radius 2 is 2.14 bits per heavy atom. The molecule has 1 amide bonds. The van der Waals surface area contributed by atoms with Gasteiger partial charge in [0.1, 0.15) is 17.9 Å². The van der Waals surface area contributed by atoms with Crippen LogP contribution in [-0.2, 0) is 11.8 Å². The number of aromatic nitrogens is 4. The molecule has 1 N–H and O–H groups in total. The van der Waals surface area contributed by atoms with Gasteiger partial charge in [0.2, 0.25) is 5.91 Å². The monoisotopic (exact) mass is 292 g/mol. The van der Waals surface area contributed by atoms with E-state index in [0.29, 0.717) is 5.69 Å². The van der Waals surface area contributed by atoms with E-state index in [-0.39, 0.29) is 17.3 Å². The van der Waals surface area contributed by atoms with Crippen LogP contribution in [-0.4, -0.2) is 30.4 Å². The van der Waals surface area contributed by atoms with Crippen molar-refractivity contribution in [1.29, 1.82) is 0 Å². The SMILES string of the molecule is Cc1nn([C@H](C)C(=O)Nc2cnn(C)c2C)cc1[N+](=O)[O-]. The minimum Gasteiger partial charge on any atom is -0.321 e. The first-order valence-electron chi connectivity index (χ1n) is 6.31. The van der Waals surface area contributed by atoms with Crippen molar-refractivity contribution in [2.45, 2.75) is 26.8 Å². The summed E-state index contributed by atoms with van der Waals surface area (Å²) in [6.45, 7) is 4.98. The molecule has 0 fully saturated rings. The molecule has 2 rings (SSSR count). The van der Waals surface area contributed by atoms with E-state index in [4.69, 9.17) is 0 Å². The molecule has 0 aliphatic heterocycles. The Morgan fingerprint density at radius 1 is 1.48 bits per heavy atom. The average Bonchev–Trinajstić information content (AvgIpc) is 2.95. The lowest BCUT2D eigenvalue weighted by Crippen LogP contribution is -2.24. The zero-order chi connectivity index (χ0) is 15.7. The Balaban J connectivity index is 2.18. The van der Waals surface area contributed by atoms with Gasteiger partial charge in [-0.3, -0.25) is 24.3 Å². The highest BCUT2D eigenvalue weighted by Gasteiger charge is 2.22. The Labute approximate surface area is 120 Å². The molecule has 112 valence electrons. The van der Waals surface area contributed by atoms with Gasteiger partial charge in [-0.15, -0.1) is 0 Å². The highest BCUT2D eigenvalue weighted by Crippen LogP contribution is 2.20. The minimum absolute atomic E-state index is 0.104. The van der Waals surface area contributed by atoms with Crippen LogP contribution in [0.5, 0.6) is 0 Å². The number of carbonyl (C=O) groups excluding carboxylic acids is 1. The zero-order valence-electron chi connectivity index (χ0n) is 12.2. The van der Waals surface area contributed by atoms with Crippen LogP contribution in [0, 0.1) is 24.0 Å². The normalized spacial score (nSPS) is 12.2. The fraction of sp³-hybridized carbons (Fsp3) is 0.417. The second-order valence-corrected chi connectivity index (χ2v) is 4.77. The van der Waals surface area contributed by atoms with E-state index in [1.807, 2.05) is 6.92 Å². The summed E-state index contributed by atoms with van der Waals surface area (Å²) >= 11 is 0. The summed E-state index contributed by atoms with van der Waals surface area (Å²) in [6, 6.07) is -0.669. The van der Waals surface area contributed by atoms with Crippen LogP contribution in [0.4, 0.5) is 11.4 Å². The Bertz CT molecular complexity index is 702. The summed E-state index contributed by atoms with van der Waals surface area (Å²) < 4.78 is 2.93. The third kappa shape index (κ3) is 2.76. The van der Waals surface area contributed by atoms with Crippen molar-refractivity contribution in [2.75, 3.05) is 5.32 Å². The quantitative estimate of drug-likeness (QED) is 0.675. The van der Waals surface area contributed by atoms with Gasteiger partial charge in [0, 0.05) is 7.05 Å². The summed E-state index contributed by atoms with van der Waals surface area (Å²) in [4.78, 5) is 22.5. The number of anilines is 1. The van der Waals surface area contributed by atoms with E-state index >= 15 is 0 Å². The number of aryl methyl sites for hydroxylation is 2. The number of carbonyl (C=O) groups is 1. The number of hydrogen-bond donors (Lipinski definition) is 1. The van der Waals surface area contributed by atoms with Crippen molar-refractivity contribution in [1.82, 2.24) is 19.6 Å². The molecule has 0 unspecified atom stereocenters. The fourth-order valence-electron chi connectivity index (χ4n) is 1.83. The molecule has 0 aliphatic rings. The van der Waals surface area contributed by atoms with E-state index in [0.717, 1.165) is 5.69 Å². The summed E-state index contributed by atoms with van der Waals surface area (Å²) in [5, 5.41) is 21.6. The molecule has 9 nitrogen and oxygen atoms in total. The van der Waals surface area contributed by atoms with Gasteiger partial charge in [-0.1, -0.05) is 0 Å². The molecule has 21 heavy (non-hydrogen) atoms. The summed E-state index contributed by atoms with van der Waals surface area (Å²) in [7, 11) is 1.77. The average molecular weight is 292 g/mol. The molecule has 2 aromatic rings. The number of nitrogens with one attached hydrogen (secondary N) is 1. The number of rotatable bonds is 4. The molecule has 9 heteroatoms. The smallest absolute Gasteiger partial charge is 0.309 e. The molecule has 1 atom stereocenters. The first-order valence-corrected chi connectivity index (χ1v) is 6.31. The lowest BCUT2D eigenvalue weighted by molar-refractivity contribution is -0.385. The molecular formula is C12H16N6O3. The van der Waals surface area contributed by atoms with Gasteiger partial charge in [0.25, 0.3) is 0 Å². The maximum Gasteiger partial charge on any atom is 0.309 e. The highest BCUT2D eigenvalue weighted by atomic mass is 16.6. The van der Waals surface area contributed by atoms with Gasteiger partial charge in [-0.05, 0) is 20.8 Å². The van der Waals surface area contributed by atoms with E-state index in [2.05, 4.69) is 15.5 Å². The Kier molecular flexibility index (Phi) is 3.74. The van der Waals surface area contributed by atoms with Gasteiger partial charge in [0.05, 0.1) is 22.5 Å². The molecular weight excluding hydrogens is 276 g/mol. The molecule has 2 heterocycles. The van der Waals surface area contributed by atoms with Crippen LogP contribution in [0.25, 0.3) is 0 Å². The standard InChI is InChI=1S/C12H16N6O3/c1-7-11(18(20)21)6-17(15-7)9(3)12(19)14-10-5-13-16(4)8(10)2/h5-6,9H,1-4H3,(H,14,19)/t9-/m1/s1. The number of nitrogens with zero attached hydrogens (tertiary/aromatic N) is 5. The van der Waals surface area contributed by atoms with Gasteiger partial charge in [-0.2, -0.15) is 10.2 Å². The fourth-order valence-corrected chi connectivity index (χ4v) is 1.83. The van der Waals surface area contributed by atoms with Crippen molar-refractivity contribution in [2.24, 2.45) is 7.05 Å². The molecule has 0 radical (unpaired) electrons. The second-order valence-electron chi connectivity index (χ2n) is 4.77. The van der Waals surface area contributed by atoms with E-state index < -0.39 is 11.0 Å². The molecule has 2 aromatic heterocycles. The van der Waals surface area contributed by atoms with E-state index in [1.165, 1.54) is 17.8 Å². The van der Waals surface area contributed by atoms with Crippen LogP contribution in [0.1, 0.15) is 24.4 Å².